The molecule has 0 bridgehead atoms. The van der Waals surface area contributed by atoms with Crippen molar-refractivity contribution in [2.24, 2.45) is 0 Å². The largest absolute Gasteiger partial charge is 0.455 e. The van der Waals surface area contributed by atoms with E-state index < -0.39 is 6.04 Å². The fraction of sp³-hybridized carbons (Fsp3) is 0.0549. The Labute approximate surface area is 585 Å². The quantitative estimate of drug-likeness (QED) is 0.159. The second-order valence-corrected chi connectivity index (χ2v) is 27.4. The standard InChI is InChI=1S/C46H28N4S.C45H31N3O/c1-3-12-29(13-4-1)30-22-23-41-36(26-30)38-28-42-37(32-16-7-9-20-40(32)49(42)31-14-5-2-6-15-31)27-43(38)50(41)46-47-25-24-39(48-46)35-19-11-18-34-33-17-8-10-21-44(33)51-45(34)35;1-4-15-37-31(10-1)35-27-41-36(26-38(35)45(37)23-7-8-24-45)32-11-2-5-16-40(32)48(41)44-46-25-22-39(47-44)29-20-18-28(19-21-29)30-13-9-14-34-33-12-3-6-17-42(33)49-43(30)34/h1-28H;1-6,9-22,25-27H,7-8,23-24H2/i2D,5D,6D,14D,15D;. The first-order valence-corrected chi connectivity index (χ1v) is 34.9. The molecule has 100 heavy (non-hydrogen) atoms. The number of thiophene rings is 1. The van der Waals surface area contributed by atoms with Gasteiger partial charge >= 0.3 is 0 Å². The molecular weight excluding hydrogens is 1240 g/mol. The lowest BCUT2D eigenvalue weighted by Crippen LogP contribution is -2.20. The Morgan fingerprint density at radius 1 is 0.360 bits per heavy atom. The lowest BCUT2D eigenvalue weighted by atomic mass is 9.76. The van der Waals surface area contributed by atoms with Gasteiger partial charge in [0.15, 0.2) is 0 Å². The van der Waals surface area contributed by atoms with Crippen molar-refractivity contribution in [1.29, 1.82) is 0 Å². The molecule has 0 atom stereocenters. The third kappa shape index (κ3) is 8.58. The molecule has 0 aliphatic heterocycles. The van der Waals surface area contributed by atoms with E-state index in [2.05, 4.69) is 209 Å². The molecular formula is C91H59N7OS. The highest BCUT2D eigenvalue weighted by Gasteiger charge is 2.45. The van der Waals surface area contributed by atoms with Crippen LogP contribution < -0.4 is 0 Å². The molecule has 0 amide bonds. The Bertz CT molecular complexity index is 7040. The number of rotatable bonds is 7. The summed E-state index contributed by atoms with van der Waals surface area (Å²) in [5, 5.41) is 10.9. The monoisotopic (exact) mass is 1300 g/mol. The molecule has 0 N–H and O–H groups in total. The highest BCUT2D eigenvalue weighted by molar-refractivity contribution is 7.26. The molecule has 1 saturated carbocycles. The van der Waals surface area contributed by atoms with Gasteiger partial charge in [0.2, 0.25) is 11.9 Å². The molecule has 22 rings (SSSR count). The van der Waals surface area contributed by atoms with Gasteiger partial charge in [-0.3, -0.25) is 9.13 Å². The molecule has 7 aromatic heterocycles. The van der Waals surface area contributed by atoms with Crippen LogP contribution in [0.3, 0.4) is 0 Å². The lowest BCUT2D eigenvalue weighted by Gasteiger charge is -2.26. The summed E-state index contributed by atoms with van der Waals surface area (Å²) in [6.07, 6.45) is 8.72. The van der Waals surface area contributed by atoms with Crippen molar-refractivity contribution in [3.05, 3.63) is 321 Å². The minimum Gasteiger partial charge on any atom is -0.455 e. The minimum atomic E-state index is -0.422. The van der Waals surface area contributed by atoms with Gasteiger partial charge in [-0.25, -0.2) is 19.9 Å². The van der Waals surface area contributed by atoms with Gasteiger partial charge in [-0.05, 0) is 137 Å². The van der Waals surface area contributed by atoms with Crippen LogP contribution in [-0.2, 0) is 5.41 Å². The van der Waals surface area contributed by atoms with Gasteiger partial charge in [-0.15, -0.1) is 11.3 Å². The zero-order valence-corrected chi connectivity index (χ0v) is 54.7. The molecule has 7 heterocycles. The fourth-order valence-corrected chi connectivity index (χ4v) is 17.9. The van der Waals surface area contributed by atoms with Crippen LogP contribution in [0.2, 0.25) is 0 Å². The maximum Gasteiger partial charge on any atom is 0.235 e. The Morgan fingerprint density at radius 2 is 0.920 bits per heavy atom. The highest BCUT2D eigenvalue weighted by atomic mass is 32.1. The molecule has 470 valence electrons. The van der Waals surface area contributed by atoms with Gasteiger partial charge < -0.3 is 8.98 Å². The van der Waals surface area contributed by atoms with Crippen LogP contribution in [-0.4, -0.2) is 33.6 Å². The van der Waals surface area contributed by atoms with E-state index in [0.29, 0.717) is 11.9 Å². The smallest absolute Gasteiger partial charge is 0.235 e. The maximum absolute atomic E-state index is 8.96. The molecule has 1 spiro atoms. The maximum atomic E-state index is 8.96. The zero-order chi connectivity index (χ0) is 69.9. The van der Waals surface area contributed by atoms with Crippen LogP contribution >= 0.6 is 11.3 Å². The van der Waals surface area contributed by atoms with Crippen LogP contribution in [0, 0.1) is 0 Å². The molecule has 2 aliphatic rings. The first-order chi connectivity index (χ1) is 51.6. The fourth-order valence-electron chi connectivity index (χ4n) is 16.7. The second-order valence-electron chi connectivity index (χ2n) is 26.4. The Kier molecular flexibility index (Phi) is 11.5. The average Bonchev–Trinajstić information content (AvgIpc) is 1.54. The van der Waals surface area contributed by atoms with Crippen molar-refractivity contribution >= 4 is 119 Å². The summed E-state index contributed by atoms with van der Waals surface area (Å²) >= 11 is 1.77. The van der Waals surface area contributed by atoms with E-state index in [1.165, 1.54) is 78.9 Å². The van der Waals surface area contributed by atoms with Gasteiger partial charge in [-0.2, -0.15) is 0 Å². The van der Waals surface area contributed by atoms with Crippen molar-refractivity contribution in [3.63, 3.8) is 0 Å². The number of hydrogen-bond donors (Lipinski definition) is 0. The predicted octanol–water partition coefficient (Wildman–Crippen LogP) is 24.0. The number of aromatic nitrogens is 7. The van der Waals surface area contributed by atoms with E-state index in [-0.39, 0.29) is 35.3 Å². The summed E-state index contributed by atoms with van der Waals surface area (Å²) < 4.78 is 58.1. The van der Waals surface area contributed by atoms with Crippen LogP contribution in [0.25, 0.3) is 181 Å². The average molecular weight is 1300 g/mol. The van der Waals surface area contributed by atoms with Crippen LogP contribution in [0.15, 0.2) is 314 Å². The minimum absolute atomic E-state index is 0.113. The molecule has 0 radical (unpaired) electrons. The van der Waals surface area contributed by atoms with Crippen molar-refractivity contribution in [1.82, 2.24) is 33.6 Å². The van der Waals surface area contributed by atoms with Gasteiger partial charge in [0, 0.05) is 103 Å². The third-order valence-corrected chi connectivity index (χ3v) is 22.4. The molecule has 0 unspecified atom stereocenters. The molecule has 0 saturated heterocycles. The van der Waals surface area contributed by atoms with Gasteiger partial charge in [0.05, 0.1) is 51.3 Å². The van der Waals surface area contributed by atoms with E-state index in [1.807, 2.05) is 83.7 Å². The summed E-state index contributed by atoms with van der Waals surface area (Å²) in [4.78, 5) is 20.3. The first kappa shape index (κ1) is 51.7. The van der Waals surface area contributed by atoms with Gasteiger partial charge in [0.25, 0.3) is 0 Å². The summed E-state index contributed by atoms with van der Waals surface area (Å²) in [5.74, 6) is 1.21. The van der Waals surface area contributed by atoms with Crippen molar-refractivity contribution in [2.75, 3.05) is 0 Å². The number of furan rings is 1. The van der Waals surface area contributed by atoms with Crippen LogP contribution in [0.4, 0.5) is 0 Å². The van der Waals surface area contributed by atoms with E-state index >= 15 is 0 Å². The summed E-state index contributed by atoms with van der Waals surface area (Å²) in [7, 11) is 0. The number of hydrogen-bond acceptors (Lipinski definition) is 6. The topological polar surface area (TPSA) is 79.5 Å². The Morgan fingerprint density at radius 3 is 1.71 bits per heavy atom. The molecule has 9 heteroatoms. The second kappa shape index (κ2) is 22.2. The summed E-state index contributed by atoms with van der Waals surface area (Å²) in [6, 6.07) is 91.8. The highest BCUT2D eigenvalue weighted by Crippen LogP contribution is 2.58. The van der Waals surface area contributed by atoms with Crippen LogP contribution in [0.1, 0.15) is 43.7 Å². The Hall–Kier alpha value is -12.6. The SMILES string of the molecule is [2H]c1c([2H])c([2H])c(-n2c3ccccc3c3cc4c(cc32)c2cc(-c3ccccc3)ccc2n4-c2nccc(-c3cccc4c3sc3ccccc34)n2)c([2H])c1[2H].c1ccc2c(c1)-c1cc3c(cc1C21CCCC1)c1ccccc1n3-c1nccc(-c2ccc(-c3cccc4c3oc3ccccc34)cc2)n1. The molecule has 1 fully saturated rings. The zero-order valence-electron chi connectivity index (χ0n) is 58.8. The number of nitrogens with zero attached hydrogens (tertiary/aromatic N) is 7. The number of benzene rings is 13. The van der Waals surface area contributed by atoms with Crippen LogP contribution in [0.5, 0.6) is 0 Å². The third-order valence-electron chi connectivity index (χ3n) is 21.2. The van der Waals surface area contributed by atoms with E-state index in [9.17, 15) is 0 Å². The Balaban J connectivity index is 0.000000136. The molecule has 20 aromatic rings. The van der Waals surface area contributed by atoms with Crippen molar-refractivity contribution in [3.8, 4) is 73.5 Å². The summed E-state index contributed by atoms with van der Waals surface area (Å²) in [6.45, 7) is 0. The molecule has 2 aliphatic carbocycles. The number of fused-ring (bicyclic) bond motifs is 20. The van der Waals surface area contributed by atoms with Gasteiger partial charge in [-0.1, -0.05) is 225 Å². The van der Waals surface area contributed by atoms with E-state index in [1.54, 1.807) is 11.3 Å². The molecule has 8 nitrogen and oxygen atoms in total. The van der Waals surface area contributed by atoms with E-state index in [0.717, 1.165) is 121 Å². The van der Waals surface area contributed by atoms with Gasteiger partial charge in [0.1, 0.15) is 11.2 Å². The normalized spacial score (nSPS) is 14.0. The van der Waals surface area contributed by atoms with Crippen molar-refractivity contribution < 1.29 is 11.3 Å². The summed E-state index contributed by atoms with van der Waals surface area (Å²) in [5.41, 5.74) is 21.5. The lowest BCUT2D eigenvalue weighted by molar-refractivity contribution is 0.550. The van der Waals surface area contributed by atoms with Crippen molar-refractivity contribution in [2.45, 2.75) is 31.1 Å². The predicted molar refractivity (Wildman–Crippen MR) is 414 cm³/mol. The molecule has 13 aromatic carbocycles. The van der Waals surface area contributed by atoms with E-state index in [4.69, 9.17) is 31.2 Å². The number of para-hydroxylation sites is 5. The first-order valence-electron chi connectivity index (χ1n) is 36.5.